The molecule has 2 rings (SSSR count). The van der Waals surface area contributed by atoms with Crippen LogP contribution in [-0.2, 0) is 0 Å². The molecule has 2 N–H and O–H groups in total. The average molecular weight is 275 g/mol. The molecule has 0 heterocycles. The molecule has 0 radical (unpaired) electrons. The van der Waals surface area contributed by atoms with Gasteiger partial charge in [-0.1, -0.05) is 35.4 Å². The molecular weight excluding hydrogens is 260 g/mol. The first-order valence-electron chi connectivity index (χ1n) is 5.89. The minimum Gasteiger partial charge on any atom is -0.397 e. The van der Waals surface area contributed by atoms with E-state index in [1.165, 1.54) is 0 Å². The number of carbonyl (C=O) groups is 1. The van der Waals surface area contributed by atoms with E-state index in [2.05, 4.69) is 0 Å². The number of carbonyl (C=O) groups excluding carboxylic acids is 1. The van der Waals surface area contributed by atoms with Crippen molar-refractivity contribution >= 4 is 28.9 Å². The Morgan fingerprint density at radius 1 is 1.16 bits per heavy atom. The molecule has 1 amide bonds. The molecule has 2 aromatic rings. The summed E-state index contributed by atoms with van der Waals surface area (Å²) in [6.07, 6.45) is 0. The molecule has 0 fully saturated rings. The van der Waals surface area contributed by atoms with Crippen LogP contribution in [0.15, 0.2) is 42.5 Å². The molecule has 0 aliphatic rings. The lowest BCUT2D eigenvalue weighted by Crippen LogP contribution is -2.27. The van der Waals surface area contributed by atoms with Gasteiger partial charge in [-0.3, -0.25) is 4.79 Å². The van der Waals surface area contributed by atoms with E-state index in [0.29, 0.717) is 16.3 Å². The highest BCUT2D eigenvalue weighted by molar-refractivity contribution is 6.34. The van der Waals surface area contributed by atoms with Gasteiger partial charge in [0.1, 0.15) is 0 Å². The van der Waals surface area contributed by atoms with Gasteiger partial charge >= 0.3 is 0 Å². The molecule has 3 nitrogen and oxygen atoms in total. The van der Waals surface area contributed by atoms with E-state index in [9.17, 15) is 4.79 Å². The molecule has 19 heavy (non-hydrogen) atoms. The van der Waals surface area contributed by atoms with Gasteiger partial charge in [-0.25, -0.2) is 0 Å². The SMILES string of the molecule is Cc1ccc(N(C)C(=O)c2cccc(Cl)c2N)cc1. The van der Waals surface area contributed by atoms with Gasteiger partial charge in [0.2, 0.25) is 0 Å². The maximum atomic E-state index is 12.4. The van der Waals surface area contributed by atoms with Crippen molar-refractivity contribution in [2.24, 2.45) is 0 Å². The van der Waals surface area contributed by atoms with Crippen LogP contribution in [0.2, 0.25) is 5.02 Å². The molecular formula is C15H15ClN2O. The molecule has 98 valence electrons. The Balaban J connectivity index is 2.33. The van der Waals surface area contributed by atoms with Crippen LogP contribution in [0.3, 0.4) is 0 Å². The summed E-state index contributed by atoms with van der Waals surface area (Å²) >= 11 is 5.93. The van der Waals surface area contributed by atoms with Crippen LogP contribution in [0, 0.1) is 6.92 Å². The number of hydrogen-bond acceptors (Lipinski definition) is 2. The van der Waals surface area contributed by atoms with E-state index in [4.69, 9.17) is 17.3 Å². The number of halogens is 1. The molecule has 4 heteroatoms. The van der Waals surface area contributed by atoms with Crippen molar-refractivity contribution in [2.45, 2.75) is 6.92 Å². The highest BCUT2D eigenvalue weighted by Crippen LogP contribution is 2.25. The third-order valence-electron chi connectivity index (χ3n) is 3.01. The molecule has 0 aromatic heterocycles. The van der Waals surface area contributed by atoms with Crippen molar-refractivity contribution in [3.05, 3.63) is 58.6 Å². The van der Waals surface area contributed by atoms with Crippen molar-refractivity contribution in [1.82, 2.24) is 0 Å². The van der Waals surface area contributed by atoms with Gasteiger partial charge in [0.15, 0.2) is 0 Å². The monoisotopic (exact) mass is 274 g/mol. The number of nitrogens with zero attached hydrogens (tertiary/aromatic N) is 1. The minimum atomic E-state index is -0.177. The third-order valence-corrected chi connectivity index (χ3v) is 3.34. The normalized spacial score (nSPS) is 10.3. The van der Waals surface area contributed by atoms with Crippen LogP contribution in [0.4, 0.5) is 11.4 Å². The van der Waals surface area contributed by atoms with Crippen molar-refractivity contribution in [3.8, 4) is 0 Å². The van der Waals surface area contributed by atoms with E-state index < -0.39 is 0 Å². The number of nitrogen functional groups attached to an aromatic ring is 1. The lowest BCUT2D eigenvalue weighted by molar-refractivity contribution is 0.0994. The van der Waals surface area contributed by atoms with E-state index in [0.717, 1.165) is 11.3 Å². The molecule has 0 atom stereocenters. The van der Waals surface area contributed by atoms with Gasteiger partial charge in [0.25, 0.3) is 5.91 Å². The summed E-state index contributed by atoms with van der Waals surface area (Å²) < 4.78 is 0. The molecule has 0 saturated heterocycles. The fraction of sp³-hybridized carbons (Fsp3) is 0.133. The Morgan fingerprint density at radius 2 is 1.79 bits per heavy atom. The fourth-order valence-electron chi connectivity index (χ4n) is 1.79. The number of anilines is 2. The smallest absolute Gasteiger partial charge is 0.260 e. The molecule has 0 saturated carbocycles. The molecule has 0 aliphatic heterocycles. The topological polar surface area (TPSA) is 46.3 Å². The summed E-state index contributed by atoms with van der Waals surface area (Å²) in [4.78, 5) is 13.9. The van der Waals surface area contributed by atoms with Crippen LogP contribution in [0.1, 0.15) is 15.9 Å². The number of rotatable bonds is 2. The van der Waals surface area contributed by atoms with Crippen molar-refractivity contribution in [3.63, 3.8) is 0 Å². The standard InChI is InChI=1S/C15H15ClN2O/c1-10-6-8-11(9-7-10)18(2)15(19)12-4-3-5-13(16)14(12)17/h3-9H,17H2,1-2H3. The van der Waals surface area contributed by atoms with Gasteiger partial charge in [0.05, 0.1) is 16.3 Å². The highest BCUT2D eigenvalue weighted by Gasteiger charge is 2.17. The first-order chi connectivity index (χ1) is 9.00. The van der Waals surface area contributed by atoms with Crippen molar-refractivity contribution in [1.29, 1.82) is 0 Å². The van der Waals surface area contributed by atoms with Gasteiger partial charge in [-0.2, -0.15) is 0 Å². The lowest BCUT2D eigenvalue weighted by atomic mass is 10.1. The Bertz CT molecular complexity index is 608. The number of aryl methyl sites for hydroxylation is 1. The van der Waals surface area contributed by atoms with Crippen LogP contribution in [0.25, 0.3) is 0 Å². The number of benzene rings is 2. The van der Waals surface area contributed by atoms with E-state index in [-0.39, 0.29) is 5.91 Å². The number of nitrogens with two attached hydrogens (primary N) is 1. The second-order valence-corrected chi connectivity index (χ2v) is 4.81. The zero-order valence-electron chi connectivity index (χ0n) is 10.9. The van der Waals surface area contributed by atoms with E-state index in [1.54, 1.807) is 30.1 Å². The second kappa shape index (κ2) is 5.33. The molecule has 0 bridgehead atoms. The Kier molecular flexibility index (Phi) is 3.76. The van der Waals surface area contributed by atoms with Gasteiger partial charge in [-0.15, -0.1) is 0 Å². The zero-order chi connectivity index (χ0) is 14.0. The minimum absolute atomic E-state index is 0.177. The summed E-state index contributed by atoms with van der Waals surface area (Å²) in [5.74, 6) is -0.177. The lowest BCUT2D eigenvalue weighted by Gasteiger charge is -2.18. The zero-order valence-corrected chi connectivity index (χ0v) is 11.6. The fourth-order valence-corrected chi connectivity index (χ4v) is 1.96. The highest BCUT2D eigenvalue weighted by atomic mass is 35.5. The number of hydrogen-bond donors (Lipinski definition) is 1. The summed E-state index contributed by atoms with van der Waals surface area (Å²) in [5.41, 5.74) is 8.53. The summed E-state index contributed by atoms with van der Waals surface area (Å²) in [7, 11) is 1.72. The third kappa shape index (κ3) is 2.71. The van der Waals surface area contributed by atoms with Gasteiger partial charge in [-0.05, 0) is 31.2 Å². The first-order valence-corrected chi connectivity index (χ1v) is 6.27. The Hall–Kier alpha value is -2.00. The van der Waals surface area contributed by atoms with Gasteiger partial charge < -0.3 is 10.6 Å². The number of para-hydroxylation sites is 1. The van der Waals surface area contributed by atoms with Crippen LogP contribution < -0.4 is 10.6 Å². The van der Waals surface area contributed by atoms with Gasteiger partial charge in [0, 0.05) is 12.7 Å². The summed E-state index contributed by atoms with van der Waals surface area (Å²) in [6, 6.07) is 12.8. The predicted molar refractivity (Wildman–Crippen MR) is 79.8 cm³/mol. The predicted octanol–water partition coefficient (Wildman–Crippen LogP) is 3.51. The van der Waals surface area contributed by atoms with E-state index in [1.807, 2.05) is 31.2 Å². The molecule has 2 aromatic carbocycles. The Morgan fingerprint density at radius 3 is 2.42 bits per heavy atom. The maximum absolute atomic E-state index is 12.4. The average Bonchev–Trinajstić information content (AvgIpc) is 2.41. The Labute approximate surface area is 117 Å². The van der Waals surface area contributed by atoms with Crippen molar-refractivity contribution < 1.29 is 4.79 Å². The molecule has 0 unspecified atom stereocenters. The van der Waals surface area contributed by atoms with Crippen LogP contribution in [-0.4, -0.2) is 13.0 Å². The van der Waals surface area contributed by atoms with Crippen molar-refractivity contribution in [2.75, 3.05) is 17.7 Å². The first kappa shape index (κ1) is 13.4. The van der Waals surface area contributed by atoms with Crippen LogP contribution >= 0.6 is 11.6 Å². The second-order valence-electron chi connectivity index (χ2n) is 4.40. The summed E-state index contributed by atoms with van der Waals surface area (Å²) in [6.45, 7) is 2.00. The molecule has 0 spiro atoms. The summed E-state index contributed by atoms with van der Waals surface area (Å²) in [5, 5.41) is 0.392. The number of amides is 1. The maximum Gasteiger partial charge on any atom is 0.260 e. The molecule has 0 aliphatic carbocycles. The quantitative estimate of drug-likeness (QED) is 0.852. The van der Waals surface area contributed by atoms with Crippen LogP contribution in [0.5, 0.6) is 0 Å². The van der Waals surface area contributed by atoms with E-state index >= 15 is 0 Å². The largest absolute Gasteiger partial charge is 0.397 e.